The van der Waals surface area contributed by atoms with Gasteiger partial charge in [-0.15, -0.1) is 0 Å². The Morgan fingerprint density at radius 3 is 2.82 bits per heavy atom. The molecule has 5 nitrogen and oxygen atoms in total. The summed E-state index contributed by atoms with van der Waals surface area (Å²) in [6.07, 6.45) is 1.28. The van der Waals surface area contributed by atoms with Crippen LogP contribution in [0.25, 0.3) is 0 Å². The van der Waals surface area contributed by atoms with Gasteiger partial charge in [0.25, 0.3) is 5.56 Å². The number of aliphatic hydroxyl groups excluding tert-OH is 1. The molecule has 1 unspecified atom stereocenters. The van der Waals surface area contributed by atoms with Crippen LogP contribution >= 0.6 is 0 Å². The zero-order valence-electron chi connectivity index (χ0n) is 10.7. The van der Waals surface area contributed by atoms with Crippen molar-refractivity contribution in [2.24, 2.45) is 0 Å². The number of aromatic nitrogens is 2. The van der Waals surface area contributed by atoms with Gasteiger partial charge in [-0.3, -0.25) is 4.79 Å². The summed E-state index contributed by atoms with van der Waals surface area (Å²) in [6, 6.07) is 1.41. The van der Waals surface area contributed by atoms with Crippen LogP contribution < -0.4 is 10.9 Å². The van der Waals surface area contributed by atoms with Crippen LogP contribution in [-0.4, -0.2) is 27.7 Å². The molecule has 1 aromatic heterocycles. The van der Waals surface area contributed by atoms with Crippen molar-refractivity contribution in [3.05, 3.63) is 22.2 Å². The van der Waals surface area contributed by atoms with Crippen molar-refractivity contribution in [3.63, 3.8) is 0 Å². The summed E-state index contributed by atoms with van der Waals surface area (Å²) in [5, 5.41) is 12.6. The van der Waals surface area contributed by atoms with E-state index in [9.17, 15) is 9.90 Å². The second-order valence-corrected chi connectivity index (χ2v) is 4.49. The zero-order valence-corrected chi connectivity index (χ0v) is 10.7. The van der Waals surface area contributed by atoms with E-state index in [1.165, 1.54) is 6.07 Å². The number of nitrogens with zero attached hydrogens (tertiary/aromatic N) is 1. The lowest BCUT2D eigenvalue weighted by molar-refractivity contribution is 0.176. The summed E-state index contributed by atoms with van der Waals surface area (Å²) in [5.74, 6) is 1.35. The number of aromatic amines is 1. The fraction of sp³-hybridized carbons (Fsp3) is 0.667. The van der Waals surface area contributed by atoms with Gasteiger partial charge in [0, 0.05) is 18.5 Å². The predicted octanol–water partition coefficient (Wildman–Crippen LogP) is 1.47. The monoisotopic (exact) mass is 239 g/mol. The van der Waals surface area contributed by atoms with Gasteiger partial charge in [-0.2, -0.15) is 0 Å². The third kappa shape index (κ3) is 4.56. The highest BCUT2D eigenvalue weighted by atomic mass is 16.3. The molecule has 0 aromatic carbocycles. The molecule has 0 radical (unpaired) electrons. The Hall–Kier alpha value is -1.36. The van der Waals surface area contributed by atoms with Crippen LogP contribution in [0, 0.1) is 0 Å². The summed E-state index contributed by atoms with van der Waals surface area (Å²) >= 11 is 0. The molecule has 0 spiro atoms. The van der Waals surface area contributed by atoms with E-state index in [0.717, 1.165) is 12.8 Å². The molecular weight excluding hydrogens is 218 g/mol. The Labute approximate surface area is 101 Å². The fourth-order valence-electron chi connectivity index (χ4n) is 1.50. The molecule has 96 valence electrons. The van der Waals surface area contributed by atoms with Gasteiger partial charge in [-0.1, -0.05) is 27.2 Å². The number of aliphatic hydroxyl groups is 1. The number of nitrogens with one attached hydrogen (secondary N) is 2. The molecule has 1 atom stereocenters. The predicted molar refractivity (Wildman–Crippen MR) is 68.4 cm³/mol. The Bertz CT molecular complexity index is 401. The third-order valence-corrected chi connectivity index (χ3v) is 2.45. The van der Waals surface area contributed by atoms with Crippen LogP contribution in [0.15, 0.2) is 10.9 Å². The maximum absolute atomic E-state index is 11.4. The van der Waals surface area contributed by atoms with Crippen molar-refractivity contribution in [1.82, 2.24) is 9.97 Å². The minimum Gasteiger partial charge on any atom is -0.391 e. The minimum absolute atomic E-state index is 0.170. The molecule has 1 rings (SSSR count). The van der Waals surface area contributed by atoms with Gasteiger partial charge < -0.3 is 15.4 Å². The van der Waals surface area contributed by atoms with Crippen molar-refractivity contribution in [1.29, 1.82) is 0 Å². The maximum atomic E-state index is 11.4. The fourth-order valence-corrected chi connectivity index (χ4v) is 1.50. The summed E-state index contributed by atoms with van der Waals surface area (Å²) < 4.78 is 0. The zero-order chi connectivity index (χ0) is 12.8. The Morgan fingerprint density at radius 2 is 2.24 bits per heavy atom. The number of hydrogen-bond acceptors (Lipinski definition) is 4. The molecule has 0 saturated carbocycles. The van der Waals surface area contributed by atoms with E-state index in [1.807, 2.05) is 20.8 Å². The number of H-pyrrole nitrogens is 1. The molecule has 5 heteroatoms. The van der Waals surface area contributed by atoms with Gasteiger partial charge in [0.15, 0.2) is 0 Å². The van der Waals surface area contributed by atoms with Crippen molar-refractivity contribution in [3.8, 4) is 0 Å². The topological polar surface area (TPSA) is 78.0 Å². The smallest absolute Gasteiger partial charge is 0.252 e. The molecule has 0 aliphatic carbocycles. The Morgan fingerprint density at radius 1 is 1.53 bits per heavy atom. The van der Waals surface area contributed by atoms with E-state index in [-0.39, 0.29) is 11.5 Å². The molecule has 0 aliphatic heterocycles. The van der Waals surface area contributed by atoms with Gasteiger partial charge in [-0.25, -0.2) is 4.98 Å². The molecule has 17 heavy (non-hydrogen) atoms. The lowest BCUT2D eigenvalue weighted by Crippen LogP contribution is -2.21. The first-order chi connectivity index (χ1) is 8.02. The first-order valence-corrected chi connectivity index (χ1v) is 6.06. The maximum Gasteiger partial charge on any atom is 0.252 e. The van der Waals surface area contributed by atoms with E-state index in [4.69, 9.17) is 0 Å². The van der Waals surface area contributed by atoms with Crippen LogP contribution in [0.1, 0.15) is 45.4 Å². The van der Waals surface area contributed by atoms with E-state index in [0.29, 0.717) is 18.2 Å². The van der Waals surface area contributed by atoms with Crippen LogP contribution in [0.4, 0.5) is 5.82 Å². The molecule has 3 N–H and O–H groups in total. The van der Waals surface area contributed by atoms with Crippen molar-refractivity contribution >= 4 is 5.82 Å². The molecule has 1 heterocycles. The highest BCUT2D eigenvalue weighted by molar-refractivity contribution is 5.33. The molecule has 0 aliphatic rings. The van der Waals surface area contributed by atoms with Gasteiger partial charge >= 0.3 is 0 Å². The second-order valence-electron chi connectivity index (χ2n) is 4.49. The lowest BCUT2D eigenvalue weighted by atomic mass is 10.2. The highest BCUT2D eigenvalue weighted by Crippen LogP contribution is 2.09. The molecule has 0 saturated heterocycles. The van der Waals surface area contributed by atoms with Crippen LogP contribution in [0.3, 0.4) is 0 Å². The average Bonchev–Trinajstić information content (AvgIpc) is 2.26. The average molecular weight is 239 g/mol. The molecule has 0 fully saturated rings. The van der Waals surface area contributed by atoms with E-state index < -0.39 is 6.10 Å². The summed E-state index contributed by atoms with van der Waals surface area (Å²) in [6.45, 7) is 6.37. The third-order valence-electron chi connectivity index (χ3n) is 2.45. The summed E-state index contributed by atoms with van der Waals surface area (Å²) in [4.78, 5) is 18.4. The normalized spacial score (nSPS) is 12.8. The number of rotatable bonds is 6. The molecule has 0 amide bonds. The van der Waals surface area contributed by atoms with Crippen LogP contribution in [0.5, 0.6) is 0 Å². The van der Waals surface area contributed by atoms with Crippen LogP contribution in [0.2, 0.25) is 0 Å². The molecule has 0 bridgehead atoms. The van der Waals surface area contributed by atoms with Crippen molar-refractivity contribution in [2.75, 3.05) is 11.9 Å². The lowest BCUT2D eigenvalue weighted by Gasteiger charge is -2.12. The first-order valence-electron chi connectivity index (χ1n) is 6.06. The number of hydrogen-bond donors (Lipinski definition) is 3. The second kappa shape index (κ2) is 6.39. The quantitative estimate of drug-likeness (QED) is 0.702. The summed E-state index contributed by atoms with van der Waals surface area (Å²) in [7, 11) is 0. The highest BCUT2D eigenvalue weighted by Gasteiger charge is 2.07. The first kappa shape index (κ1) is 13.7. The van der Waals surface area contributed by atoms with Crippen molar-refractivity contribution in [2.45, 2.75) is 45.6 Å². The van der Waals surface area contributed by atoms with E-state index in [2.05, 4.69) is 15.3 Å². The van der Waals surface area contributed by atoms with Gasteiger partial charge in [0.05, 0.1) is 6.10 Å². The van der Waals surface area contributed by atoms with E-state index >= 15 is 0 Å². The van der Waals surface area contributed by atoms with E-state index in [1.54, 1.807) is 0 Å². The molecule has 1 aromatic rings. The molecular formula is C12H21N3O2. The van der Waals surface area contributed by atoms with Gasteiger partial charge in [0.1, 0.15) is 11.6 Å². The number of anilines is 1. The standard InChI is InChI=1S/C12H21N3O2/c1-4-5-9(16)7-13-10-6-11(17)15-12(14-10)8(2)3/h6,8-9,16H,4-5,7H2,1-3H3,(H2,13,14,15,17). The van der Waals surface area contributed by atoms with Crippen molar-refractivity contribution < 1.29 is 5.11 Å². The van der Waals surface area contributed by atoms with Gasteiger partial charge in [-0.05, 0) is 6.42 Å². The minimum atomic E-state index is -0.399. The largest absolute Gasteiger partial charge is 0.391 e. The van der Waals surface area contributed by atoms with Gasteiger partial charge in [0.2, 0.25) is 0 Å². The summed E-state index contributed by atoms with van der Waals surface area (Å²) in [5.41, 5.74) is -0.170. The Kier molecular flexibility index (Phi) is 5.15. The Balaban J connectivity index is 2.68. The SMILES string of the molecule is CCCC(O)CNc1cc(=O)[nH]c(C(C)C)n1. The van der Waals surface area contributed by atoms with Crippen LogP contribution in [-0.2, 0) is 0 Å².